The molecule has 1 saturated heterocycles. The van der Waals surface area contributed by atoms with E-state index in [9.17, 15) is 92.6 Å². The molecule has 0 spiro atoms. The normalized spacial score (nSPS) is 12.7. The average Bonchev–Trinajstić information content (AvgIpc) is 3.59. The van der Waals surface area contributed by atoms with Gasteiger partial charge in [-0.3, -0.25) is 82.9 Å². The SMILES string of the molecule is CC(=O)N(O)CCCCCNC(=O)CCC(=O)N(O)CCCCCNC(=O)CCC(=O)N(O)CCCCCNC(=O)CCN1C(=O)CC(SCCNC(=O)CNC(=O)[C@H](CC(=O)O)NC(=O)Cc2ccc(CNC(=O)NCCCCCNC(=O)NCC(=O)O)cc2)C1=O. The van der Waals surface area contributed by atoms with Crippen molar-refractivity contribution in [3.05, 3.63) is 35.4 Å². The summed E-state index contributed by atoms with van der Waals surface area (Å²) in [7, 11) is 0. The highest BCUT2D eigenvalue weighted by molar-refractivity contribution is 8.00. The molecule has 0 radical (unpaired) electrons. The van der Waals surface area contributed by atoms with E-state index in [1.54, 1.807) is 24.3 Å². The molecule has 1 aliphatic rings. The number of imide groups is 1. The lowest BCUT2D eigenvalue weighted by Gasteiger charge is -2.17. The maximum atomic E-state index is 13.0. The number of nitrogens with zero attached hydrogens (tertiary/aromatic N) is 4. The first-order valence-electron chi connectivity index (χ1n) is 30.9. The molecule has 34 nitrogen and oxygen atoms in total. The van der Waals surface area contributed by atoms with Crippen LogP contribution in [0, 0.1) is 0 Å². The highest BCUT2D eigenvalue weighted by atomic mass is 32.2. The third-order valence-electron chi connectivity index (χ3n) is 13.8. The standard InChI is InChI=1S/C58H92N14O20S/c1-40(73)70(90)29-11-3-8-23-59-45(74)18-20-50(79)71(91)30-12-4-9-24-60-46(75)19-21-51(80)72(92)31-13-5-10-25-61-47(76)22-32-69-52(81)36-44(56(69)87)93-33-28-62-49(78)38-65-55(86)43(35-53(82)83)68-48(77)34-41-14-16-42(17-15-41)37-66-57(88)63-26-6-2-7-27-64-58(89)67-39-54(84)85/h14-17,43-44,90-92H,2-13,18-39H2,1H3,(H,59,74)(H,60,75)(H,61,76)(H,62,78)(H,65,86)(H,68,77)(H,82,83)(H,84,85)(H2,63,66,88)(H2,64,67,89)/t43-,44?/m0/s1. The van der Waals surface area contributed by atoms with Gasteiger partial charge in [-0.05, 0) is 88.2 Å². The van der Waals surface area contributed by atoms with Crippen molar-refractivity contribution in [3.8, 4) is 0 Å². The Morgan fingerprint density at radius 2 is 0.968 bits per heavy atom. The Balaban J connectivity index is 1.52. The van der Waals surface area contributed by atoms with Gasteiger partial charge in [0.2, 0.25) is 65.0 Å². The molecule has 2 atom stereocenters. The van der Waals surface area contributed by atoms with E-state index in [1.165, 1.54) is 6.92 Å². The van der Waals surface area contributed by atoms with Crippen molar-refractivity contribution in [1.82, 2.24) is 73.3 Å². The predicted octanol–water partition coefficient (Wildman–Crippen LogP) is -0.882. The van der Waals surface area contributed by atoms with Crippen LogP contribution in [0.3, 0.4) is 0 Å². The number of carboxylic acid groups (broad SMARTS) is 2. The Kier molecular flexibility index (Phi) is 40.8. The van der Waals surface area contributed by atoms with Crippen molar-refractivity contribution in [1.29, 1.82) is 0 Å². The molecule has 1 fully saturated rings. The van der Waals surface area contributed by atoms with Gasteiger partial charge in [0.15, 0.2) is 0 Å². The molecular weight excluding hydrogens is 1240 g/mol. The van der Waals surface area contributed by atoms with Gasteiger partial charge in [-0.15, -0.1) is 11.8 Å². The number of rotatable bonds is 49. The van der Waals surface area contributed by atoms with Crippen LogP contribution in [0.15, 0.2) is 24.3 Å². The number of aliphatic carboxylic acids is 2. The second-order valence-corrected chi connectivity index (χ2v) is 22.9. The lowest BCUT2D eigenvalue weighted by atomic mass is 10.1. The Bertz CT molecular complexity index is 2640. The highest BCUT2D eigenvalue weighted by Crippen LogP contribution is 2.25. The molecule has 35 heteroatoms. The van der Waals surface area contributed by atoms with Gasteiger partial charge >= 0.3 is 24.0 Å². The Hall–Kier alpha value is -8.70. The number of benzene rings is 1. The van der Waals surface area contributed by atoms with Crippen molar-refractivity contribution >= 4 is 101 Å². The molecule has 93 heavy (non-hydrogen) atoms. The van der Waals surface area contributed by atoms with Crippen molar-refractivity contribution < 1.29 is 97.8 Å². The number of unbranched alkanes of at least 4 members (excludes halogenated alkanes) is 8. The molecule has 1 aromatic carbocycles. The Morgan fingerprint density at radius 3 is 1.47 bits per heavy atom. The molecule has 0 aliphatic carbocycles. The predicted molar refractivity (Wildman–Crippen MR) is 331 cm³/mol. The number of likely N-dealkylation sites (tertiary alicyclic amines) is 1. The van der Waals surface area contributed by atoms with Gasteiger partial charge < -0.3 is 63.4 Å². The monoisotopic (exact) mass is 1340 g/mol. The van der Waals surface area contributed by atoms with Gasteiger partial charge in [-0.1, -0.05) is 24.3 Å². The topological polar surface area (TPSA) is 490 Å². The number of hydrogen-bond donors (Lipinski definition) is 15. The van der Waals surface area contributed by atoms with Crippen LogP contribution in [0.25, 0.3) is 0 Å². The minimum Gasteiger partial charge on any atom is -0.481 e. The number of carbonyl (C=O) groups is 15. The lowest BCUT2D eigenvalue weighted by Crippen LogP contribution is -2.50. The molecule has 1 unspecified atom stereocenters. The minimum absolute atomic E-state index is 0.00336. The fourth-order valence-electron chi connectivity index (χ4n) is 8.60. The van der Waals surface area contributed by atoms with E-state index in [1.807, 2.05) is 0 Å². The summed E-state index contributed by atoms with van der Waals surface area (Å²) in [4.78, 5) is 183. The molecule has 1 aromatic rings. The molecule has 0 saturated carbocycles. The Labute approximate surface area is 542 Å². The van der Waals surface area contributed by atoms with Gasteiger partial charge in [0.05, 0.1) is 24.6 Å². The van der Waals surface area contributed by atoms with Crippen LogP contribution in [0.5, 0.6) is 0 Å². The van der Waals surface area contributed by atoms with Crippen LogP contribution in [-0.2, 0) is 75.3 Å². The summed E-state index contributed by atoms with van der Waals surface area (Å²) in [5, 5.41) is 73.9. The summed E-state index contributed by atoms with van der Waals surface area (Å²) in [5.74, 6) is -8.38. The number of carboxylic acids is 2. The van der Waals surface area contributed by atoms with E-state index in [4.69, 9.17) is 5.11 Å². The number of amides is 15. The molecule has 1 heterocycles. The van der Waals surface area contributed by atoms with Crippen LogP contribution >= 0.6 is 11.8 Å². The van der Waals surface area contributed by atoms with Crippen LogP contribution in [0.1, 0.15) is 140 Å². The molecule has 1 aliphatic heterocycles. The van der Waals surface area contributed by atoms with E-state index in [0.717, 1.165) is 16.7 Å². The lowest BCUT2D eigenvalue weighted by molar-refractivity contribution is -0.166. The van der Waals surface area contributed by atoms with E-state index in [-0.39, 0.29) is 102 Å². The second kappa shape index (κ2) is 47.2. The fraction of sp³-hybridized carbons (Fsp3) is 0.638. The summed E-state index contributed by atoms with van der Waals surface area (Å²) in [5.41, 5.74) is 1.23. The van der Waals surface area contributed by atoms with Crippen LogP contribution in [-0.4, -0.2) is 230 Å². The third kappa shape index (κ3) is 38.7. The average molecular weight is 1340 g/mol. The molecule has 0 aromatic heterocycles. The van der Waals surface area contributed by atoms with Crippen molar-refractivity contribution in [2.24, 2.45) is 0 Å². The molecule has 2 rings (SSSR count). The number of thioether (sulfide) groups is 1. The molecule has 520 valence electrons. The summed E-state index contributed by atoms with van der Waals surface area (Å²) >= 11 is 1.11. The van der Waals surface area contributed by atoms with Gasteiger partial charge in [0, 0.05) is 123 Å². The smallest absolute Gasteiger partial charge is 0.323 e. The maximum Gasteiger partial charge on any atom is 0.323 e. The number of hydrogen-bond acceptors (Lipinski definition) is 19. The van der Waals surface area contributed by atoms with Gasteiger partial charge in [0.1, 0.15) is 12.6 Å². The second-order valence-electron chi connectivity index (χ2n) is 21.6. The number of urea groups is 2. The number of carbonyl (C=O) groups excluding carboxylic acids is 13. The van der Waals surface area contributed by atoms with Crippen molar-refractivity contribution in [2.75, 3.05) is 84.3 Å². The van der Waals surface area contributed by atoms with E-state index in [2.05, 4.69) is 53.2 Å². The van der Waals surface area contributed by atoms with Crippen LogP contribution < -0.4 is 53.2 Å². The summed E-state index contributed by atoms with van der Waals surface area (Å²) < 4.78 is 0. The number of hydroxylamine groups is 6. The molecule has 15 N–H and O–H groups in total. The quantitative estimate of drug-likeness (QED) is 0.0163. The largest absolute Gasteiger partial charge is 0.481 e. The zero-order valence-electron chi connectivity index (χ0n) is 52.6. The van der Waals surface area contributed by atoms with E-state index < -0.39 is 114 Å². The van der Waals surface area contributed by atoms with E-state index >= 15 is 0 Å². The van der Waals surface area contributed by atoms with Crippen molar-refractivity contribution in [3.63, 3.8) is 0 Å². The zero-order valence-corrected chi connectivity index (χ0v) is 53.4. The van der Waals surface area contributed by atoms with Crippen LogP contribution in [0.2, 0.25) is 0 Å². The summed E-state index contributed by atoms with van der Waals surface area (Å²) in [6, 6.07) is 4.09. The first kappa shape index (κ1) is 80.4. The molecule has 0 bridgehead atoms. The zero-order chi connectivity index (χ0) is 68.9. The summed E-state index contributed by atoms with van der Waals surface area (Å²) in [6.07, 6.45) is 4.86. The summed E-state index contributed by atoms with van der Waals surface area (Å²) in [6.45, 7) is 2.13. The third-order valence-corrected chi connectivity index (χ3v) is 15.0. The van der Waals surface area contributed by atoms with Crippen LogP contribution in [0.4, 0.5) is 9.59 Å². The fourth-order valence-corrected chi connectivity index (χ4v) is 9.64. The maximum absolute atomic E-state index is 13.0. The highest BCUT2D eigenvalue weighted by Gasteiger charge is 2.38. The van der Waals surface area contributed by atoms with Gasteiger partial charge in [-0.2, -0.15) is 0 Å². The Morgan fingerprint density at radius 1 is 0.505 bits per heavy atom. The molecular formula is C58H92N14O20S. The minimum atomic E-state index is -1.52. The van der Waals surface area contributed by atoms with Crippen molar-refractivity contribution in [2.45, 2.75) is 153 Å². The molecule has 15 amide bonds. The first-order valence-corrected chi connectivity index (χ1v) is 32.0. The number of nitrogens with one attached hydrogen (secondary N) is 10. The van der Waals surface area contributed by atoms with E-state index in [0.29, 0.717) is 130 Å². The first-order chi connectivity index (χ1) is 44.3. The van der Waals surface area contributed by atoms with Gasteiger partial charge in [-0.25, -0.2) is 24.8 Å². The van der Waals surface area contributed by atoms with Gasteiger partial charge in [0.25, 0.3) is 0 Å².